The van der Waals surface area contributed by atoms with Gasteiger partial charge < -0.3 is 4.74 Å². The molecule has 0 aliphatic heterocycles. The molecule has 0 fully saturated rings. The van der Waals surface area contributed by atoms with E-state index in [4.69, 9.17) is 4.74 Å². The normalized spacial score (nSPS) is 10.6. The molecule has 0 aliphatic rings. The number of rotatable bonds is 4. The maximum Gasteiger partial charge on any atom is 0.156 e. The van der Waals surface area contributed by atoms with Gasteiger partial charge in [0, 0.05) is 5.56 Å². The molecule has 0 spiro atoms. The van der Waals surface area contributed by atoms with Gasteiger partial charge >= 0.3 is 0 Å². The first kappa shape index (κ1) is 13.8. The van der Waals surface area contributed by atoms with E-state index in [9.17, 15) is 0 Å². The van der Waals surface area contributed by atoms with E-state index in [2.05, 4.69) is 26.1 Å². The Balaban J connectivity index is 1.87. The number of nitrogens with zero attached hydrogens (tertiary/aromatic N) is 3. The Labute approximate surface area is 131 Å². The molecule has 1 aromatic heterocycles. The van der Waals surface area contributed by atoms with Gasteiger partial charge in [0.2, 0.25) is 0 Å². The van der Waals surface area contributed by atoms with Crippen molar-refractivity contribution < 1.29 is 4.74 Å². The molecule has 0 unspecified atom stereocenters. The Bertz CT molecular complexity index is 740. The summed E-state index contributed by atoms with van der Waals surface area (Å²) in [4.78, 5) is 1.68. The summed E-state index contributed by atoms with van der Waals surface area (Å²) in [6, 6.07) is 17.9. The molecule has 0 aliphatic carbocycles. The van der Waals surface area contributed by atoms with E-state index >= 15 is 0 Å². The Kier molecular flexibility index (Phi) is 4.01. The van der Waals surface area contributed by atoms with Crippen LogP contribution in [0.1, 0.15) is 5.56 Å². The van der Waals surface area contributed by atoms with Crippen LogP contribution >= 0.6 is 15.9 Å². The molecule has 3 rings (SSSR count). The number of halogens is 1. The molecule has 4 nitrogen and oxygen atoms in total. The van der Waals surface area contributed by atoms with Crippen molar-refractivity contribution >= 4 is 15.9 Å². The van der Waals surface area contributed by atoms with Gasteiger partial charge in [-0.3, -0.25) is 0 Å². The highest BCUT2D eigenvalue weighted by molar-refractivity contribution is 9.10. The molecule has 0 N–H and O–H groups in total. The van der Waals surface area contributed by atoms with Crippen molar-refractivity contribution in [1.82, 2.24) is 15.0 Å². The molecule has 21 heavy (non-hydrogen) atoms. The third kappa shape index (κ3) is 3.13. The largest absolute Gasteiger partial charge is 0.497 e. The van der Waals surface area contributed by atoms with Gasteiger partial charge in [0.25, 0.3) is 0 Å². The molecular formula is C16H14BrN3O. The summed E-state index contributed by atoms with van der Waals surface area (Å²) in [5.74, 6) is 0.835. The average Bonchev–Trinajstić information content (AvgIpc) is 2.89. The molecule has 106 valence electrons. The minimum absolute atomic E-state index is 0.600. The summed E-state index contributed by atoms with van der Waals surface area (Å²) >= 11 is 3.48. The van der Waals surface area contributed by atoms with Crippen molar-refractivity contribution in [3.8, 4) is 17.0 Å². The van der Waals surface area contributed by atoms with E-state index in [1.807, 2.05) is 54.6 Å². The van der Waals surface area contributed by atoms with Crippen LogP contribution in [0.4, 0.5) is 0 Å². The number of benzene rings is 2. The quantitative estimate of drug-likeness (QED) is 0.723. The lowest BCUT2D eigenvalue weighted by Gasteiger charge is -2.03. The van der Waals surface area contributed by atoms with Gasteiger partial charge in [-0.25, -0.2) is 0 Å². The maximum atomic E-state index is 5.23. The number of methoxy groups -OCH3 is 1. The van der Waals surface area contributed by atoms with Crippen molar-refractivity contribution in [1.29, 1.82) is 0 Å². The van der Waals surface area contributed by atoms with Gasteiger partial charge in [-0.15, -0.1) is 5.10 Å². The van der Waals surface area contributed by atoms with Gasteiger partial charge in [-0.2, -0.15) is 9.90 Å². The van der Waals surface area contributed by atoms with E-state index in [0.29, 0.717) is 6.54 Å². The molecule has 0 radical (unpaired) electrons. The number of ether oxygens (including phenoxy) is 1. The van der Waals surface area contributed by atoms with Crippen molar-refractivity contribution in [2.24, 2.45) is 0 Å². The van der Waals surface area contributed by atoms with Gasteiger partial charge in [0.1, 0.15) is 11.4 Å². The highest BCUT2D eigenvalue weighted by Crippen LogP contribution is 2.24. The minimum Gasteiger partial charge on any atom is -0.497 e. The molecule has 3 aromatic rings. The Morgan fingerprint density at radius 3 is 2.62 bits per heavy atom. The van der Waals surface area contributed by atoms with Gasteiger partial charge in [-0.1, -0.05) is 42.5 Å². The summed E-state index contributed by atoms with van der Waals surface area (Å²) in [6.45, 7) is 0.600. The fourth-order valence-electron chi connectivity index (χ4n) is 2.11. The monoisotopic (exact) mass is 343 g/mol. The second kappa shape index (κ2) is 6.10. The van der Waals surface area contributed by atoms with Crippen LogP contribution in [-0.4, -0.2) is 22.1 Å². The zero-order valence-corrected chi connectivity index (χ0v) is 13.1. The SMILES string of the molecule is COc1cccc(Cn2nc(Br)c(-c3ccccc3)n2)c1. The average molecular weight is 344 g/mol. The zero-order valence-electron chi connectivity index (χ0n) is 11.5. The van der Waals surface area contributed by atoms with Crippen LogP contribution in [0.3, 0.4) is 0 Å². The summed E-state index contributed by atoms with van der Waals surface area (Å²) in [6.07, 6.45) is 0. The van der Waals surface area contributed by atoms with Gasteiger partial charge in [0.05, 0.1) is 13.7 Å². The van der Waals surface area contributed by atoms with E-state index in [1.165, 1.54) is 0 Å². The molecule has 1 heterocycles. The fourth-order valence-corrected chi connectivity index (χ4v) is 2.60. The smallest absolute Gasteiger partial charge is 0.156 e. The molecule has 0 bridgehead atoms. The predicted molar refractivity (Wildman–Crippen MR) is 85.3 cm³/mol. The number of hydrogen-bond acceptors (Lipinski definition) is 3. The van der Waals surface area contributed by atoms with E-state index < -0.39 is 0 Å². The van der Waals surface area contributed by atoms with Crippen molar-refractivity contribution in [2.75, 3.05) is 7.11 Å². The number of hydrogen-bond donors (Lipinski definition) is 0. The first-order valence-corrected chi connectivity index (χ1v) is 7.34. The Morgan fingerprint density at radius 1 is 1.05 bits per heavy atom. The van der Waals surface area contributed by atoms with Crippen LogP contribution < -0.4 is 4.74 Å². The standard InChI is InChI=1S/C16H14BrN3O/c1-21-14-9-5-6-12(10-14)11-20-18-15(16(17)19-20)13-7-3-2-4-8-13/h2-10H,11H2,1H3. The summed E-state index contributed by atoms with van der Waals surface area (Å²) < 4.78 is 5.98. The summed E-state index contributed by atoms with van der Waals surface area (Å²) in [5, 5.41) is 8.97. The van der Waals surface area contributed by atoms with Crippen LogP contribution in [0, 0.1) is 0 Å². The van der Waals surface area contributed by atoms with E-state index in [1.54, 1.807) is 11.9 Å². The third-order valence-corrected chi connectivity index (χ3v) is 3.65. The minimum atomic E-state index is 0.600. The van der Waals surface area contributed by atoms with Crippen LogP contribution in [0.15, 0.2) is 59.2 Å². The lowest BCUT2D eigenvalue weighted by Crippen LogP contribution is -2.04. The predicted octanol–water partition coefficient (Wildman–Crippen LogP) is 3.76. The van der Waals surface area contributed by atoms with E-state index in [0.717, 1.165) is 27.2 Å². The zero-order chi connectivity index (χ0) is 14.7. The molecule has 0 saturated carbocycles. The molecule has 5 heteroatoms. The van der Waals surface area contributed by atoms with Crippen molar-refractivity contribution in [2.45, 2.75) is 6.54 Å². The van der Waals surface area contributed by atoms with Gasteiger partial charge in [-0.05, 0) is 33.6 Å². The highest BCUT2D eigenvalue weighted by Gasteiger charge is 2.10. The number of aromatic nitrogens is 3. The van der Waals surface area contributed by atoms with Crippen LogP contribution in [-0.2, 0) is 6.54 Å². The second-order valence-electron chi connectivity index (χ2n) is 4.59. The lowest BCUT2D eigenvalue weighted by atomic mass is 10.2. The van der Waals surface area contributed by atoms with Gasteiger partial charge in [0.15, 0.2) is 4.60 Å². The summed E-state index contributed by atoms with van der Waals surface area (Å²) in [7, 11) is 1.66. The molecular weight excluding hydrogens is 330 g/mol. The molecule has 0 atom stereocenters. The van der Waals surface area contributed by atoms with Crippen molar-refractivity contribution in [3.05, 3.63) is 64.8 Å². The van der Waals surface area contributed by atoms with Crippen LogP contribution in [0.2, 0.25) is 0 Å². The lowest BCUT2D eigenvalue weighted by molar-refractivity contribution is 0.414. The Hall–Kier alpha value is -2.14. The van der Waals surface area contributed by atoms with Crippen LogP contribution in [0.25, 0.3) is 11.3 Å². The summed E-state index contributed by atoms with van der Waals surface area (Å²) in [5.41, 5.74) is 2.98. The second-order valence-corrected chi connectivity index (χ2v) is 5.34. The molecule has 0 amide bonds. The van der Waals surface area contributed by atoms with Crippen LogP contribution in [0.5, 0.6) is 5.75 Å². The van der Waals surface area contributed by atoms with E-state index in [-0.39, 0.29) is 0 Å². The maximum absolute atomic E-state index is 5.23. The first-order valence-electron chi connectivity index (χ1n) is 6.55. The van der Waals surface area contributed by atoms with Crippen molar-refractivity contribution in [3.63, 3.8) is 0 Å². The fraction of sp³-hybridized carbons (Fsp3) is 0.125. The first-order chi connectivity index (χ1) is 10.3. The Morgan fingerprint density at radius 2 is 1.86 bits per heavy atom. The molecule has 2 aromatic carbocycles. The third-order valence-electron chi connectivity index (χ3n) is 3.12. The highest BCUT2D eigenvalue weighted by atomic mass is 79.9. The topological polar surface area (TPSA) is 39.9 Å². The molecule has 0 saturated heterocycles.